The summed E-state index contributed by atoms with van der Waals surface area (Å²) in [5.41, 5.74) is 2.14. The molecule has 2 aromatic carbocycles. The Kier molecular flexibility index (Phi) is 7.72. The van der Waals surface area contributed by atoms with E-state index >= 15 is 0 Å². The van der Waals surface area contributed by atoms with Crippen molar-refractivity contribution in [2.24, 2.45) is 0 Å². The minimum atomic E-state index is -0.502. The third-order valence-electron chi connectivity index (χ3n) is 4.91. The highest BCUT2D eigenvalue weighted by molar-refractivity contribution is 5.90. The van der Waals surface area contributed by atoms with Crippen LogP contribution in [0, 0.1) is 6.92 Å². The van der Waals surface area contributed by atoms with Crippen molar-refractivity contribution < 1.29 is 33.3 Å². The molecule has 0 aromatic heterocycles. The maximum Gasteiger partial charge on any atom is 0.338 e. The lowest BCUT2D eigenvalue weighted by Gasteiger charge is -2.26. The third-order valence-corrected chi connectivity index (χ3v) is 4.91. The van der Waals surface area contributed by atoms with Gasteiger partial charge in [0.2, 0.25) is 0 Å². The van der Waals surface area contributed by atoms with Crippen LogP contribution in [0.15, 0.2) is 36.4 Å². The van der Waals surface area contributed by atoms with Crippen LogP contribution in [-0.2, 0) is 20.9 Å². The molecule has 0 aliphatic carbocycles. The predicted octanol–water partition coefficient (Wildman–Crippen LogP) is 2.61. The van der Waals surface area contributed by atoms with Gasteiger partial charge >= 0.3 is 5.97 Å². The van der Waals surface area contributed by atoms with Crippen molar-refractivity contribution in [3.8, 4) is 17.2 Å². The molecule has 1 fully saturated rings. The summed E-state index contributed by atoms with van der Waals surface area (Å²) in [7, 11) is 3.04. The highest BCUT2D eigenvalue weighted by atomic mass is 16.5. The van der Waals surface area contributed by atoms with Gasteiger partial charge in [0.1, 0.15) is 12.4 Å². The molecule has 0 atom stereocenters. The molecule has 1 heterocycles. The number of hydrogen-bond donors (Lipinski definition) is 0. The highest BCUT2D eigenvalue weighted by Gasteiger charge is 2.19. The van der Waals surface area contributed by atoms with E-state index in [-0.39, 0.29) is 19.1 Å². The topological polar surface area (TPSA) is 83.5 Å². The highest BCUT2D eigenvalue weighted by Crippen LogP contribution is 2.29. The number of carbonyl (C=O) groups is 2. The molecular formula is C23H27NO7. The molecule has 31 heavy (non-hydrogen) atoms. The first-order chi connectivity index (χ1) is 15.0. The van der Waals surface area contributed by atoms with E-state index in [1.807, 2.05) is 25.1 Å². The Hall–Kier alpha value is -3.26. The Morgan fingerprint density at radius 3 is 2.39 bits per heavy atom. The van der Waals surface area contributed by atoms with Gasteiger partial charge in [0.05, 0.1) is 33.0 Å². The van der Waals surface area contributed by atoms with Crippen LogP contribution in [0.3, 0.4) is 0 Å². The van der Waals surface area contributed by atoms with E-state index in [0.29, 0.717) is 49.1 Å². The van der Waals surface area contributed by atoms with Crippen molar-refractivity contribution in [2.75, 3.05) is 47.1 Å². The van der Waals surface area contributed by atoms with Gasteiger partial charge in [0.25, 0.3) is 5.91 Å². The minimum absolute atomic E-state index is 0.0817. The quantitative estimate of drug-likeness (QED) is 0.597. The first-order valence-corrected chi connectivity index (χ1v) is 9.99. The van der Waals surface area contributed by atoms with E-state index in [2.05, 4.69) is 0 Å². The summed E-state index contributed by atoms with van der Waals surface area (Å²) in [5.74, 6) is 0.752. The molecule has 1 amide bonds. The van der Waals surface area contributed by atoms with Gasteiger partial charge < -0.3 is 28.6 Å². The molecule has 0 N–H and O–H groups in total. The van der Waals surface area contributed by atoms with Gasteiger partial charge in [-0.15, -0.1) is 0 Å². The van der Waals surface area contributed by atoms with Crippen LogP contribution in [-0.4, -0.2) is 63.9 Å². The minimum Gasteiger partial charge on any atom is -0.496 e. The summed E-state index contributed by atoms with van der Waals surface area (Å²) in [6.07, 6.45) is 0. The number of ether oxygens (including phenoxy) is 5. The van der Waals surface area contributed by atoms with Crippen molar-refractivity contribution in [1.29, 1.82) is 0 Å². The summed E-state index contributed by atoms with van der Waals surface area (Å²) >= 11 is 0. The van der Waals surface area contributed by atoms with E-state index < -0.39 is 5.97 Å². The number of hydrogen-bond acceptors (Lipinski definition) is 7. The Balaban J connectivity index is 1.61. The molecule has 3 rings (SSSR count). The fourth-order valence-corrected chi connectivity index (χ4v) is 3.20. The lowest BCUT2D eigenvalue weighted by Crippen LogP contribution is -2.43. The summed E-state index contributed by atoms with van der Waals surface area (Å²) in [6.45, 7) is 4.08. The van der Waals surface area contributed by atoms with Gasteiger partial charge in [-0.05, 0) is 37.3 Å². The normalized spacial score (nSPS) is 13.5. The van der Waals surface area contributed by atoms with Gasteiger partial charge in [0, 0.05) is 18.7 Å². The second-order valence-electron chi connectivity index (χ2n) is 7.04. The summed E-state index contributed by atoms with van der Waals surface area (Å²) in [4.78, 5) is 26.5. The van der Waals surface area contributed by atoms with E-state index in [9.17, 15) is 9.59 Å². The smallest absolute Gasteiger partial charge is 0.338 e. The Morgan fingerprint density at radius 1 is 0.968 bits per heavy atom. The predicted molar refractivity (Wildman–Crippen MR) is 113 cm³/mol. The lowest BCUT2D eigenvalue weighted by atomic mass is 10.1. The fraction of sp³-hybridized carbons (Fsp3) is 0.391. The lowest BCUT2D eigenvalue weighted by molar-refractivity contribution is -0.137. The average molecular weight is 429 g/mol. The number of aryl methyl sites for hydroxylation is 1. The zero-order valence-corrected chi connectivity index (χ0v) is 18.0. The number of carbonyl (C=O) groups excluding carboxylic acids is 2. The van der Waals surface area contributed by atoms with Crippen LogP contribution < -0.4 is 14.2 Å². The average Bonchev–Trinajstić information content (AvgIpc) is 2.81. The molecular weight excluding hydrogens is 402 g/mol. The van der Waals surface area contributed by atoms with Gasteiger partial charge in [-0.2, -0.15) is 0 Å². The molecule has 1 aliphatic rings. The molecule has 1 saturated heterocycles. The third kappa shape index (κ3) is 5.88. The molecule has 8 heteroatoms. The molecule has 8 nitrogen and oxygen atoms in total. The van der Waals surface area contributed by atoms with Gasteiger partial charge in [-0.1, -0.05) is 11.6 Å². The second-order valence-corrected chi connectivity index (χ2v) is 7.04. The number of nitrogens with zero attached hydrogens (tertiary/aromatic N) is 1. The number of rotatable bonds is 8. The monoisotopic (exact) mass is 429 g/mol. The molecule has 0 unspecified atom stereocenters. The van der Waals surface area contributed by atoms with E-state index in [1.54, 1.807) is 24.1 Å². The molecule has 166 valence electrons. The number of morpholine rings is 1. The Morgan fingerprint density at radius 2 is 1.68 bits per heavy atom. The van der Waals surface area contributed by atoms with Crippen LogP contribution in [0.5, 0.6) is 17.2 Å². The van der Waals surface area contributed by atoms with Crippen molar-refractivity contribution in [3.05, 3.63) is 53.1 Å². The van der Waals surface area contributed by atoms with E-state index in [0.717, 1.165) is 11.1 Å². The maximum absolute atomic E-state index is 12.5. The van der Waals surface area contributed by atoms with Crippen molar-refractivity contribution in [3.63, 3.8) is 0 Å². The van der Waals surface area contributed by atoms with E-state index in [1.165, 1.54) is 13.2 Å². The molecule has 0 bridgehead atoms. The maximum atomic E-state index is 12.5. The first kappa shape index (κ1) is 22.4. The fourth-order valence-electron chi connectivity index (χ4n) is 3.20. The zero-order valence-electron chi connectivity index (χ0n) is 18.0. The summed E-state index contributed by atoms with van der Waals surface area (Å²) in [6, 6.07) is 10.4. The number of esters is 1. The van der Waals surface area contributed by atoms with Crippen LogP contribution in [0.4, 0.5) is 0 Å². The molecule has 0 saturated carbocycles. The first-order valence-electron chi connectivity index (χ1n) is 9.99. The van der Waals surface area contributed by atoms with Gasteiger partial charge in [-0.3, -0.25) is 4.79 Å². The molecule has 1 aliphatic heterocycles. The second kappa shape index (κ2) is 10.7. The number of benzene rings is 2. The summed E-state index contributed by atoms with van der Waals surface area (Å²) < 4.78 is 27.0. The SMILES string of the molecule is COc1ccc(C)cc1COC(=O)c1ccc(OCC(=O)N2CCOCC2)c(OC)c1. The molecule has 0 radical (unpaired) electrons. The number of methoxy groups -OCH3 is 2. The van der Waals surface area contributed by atoms with Crippen LogP contribution >= 0.6 is 0 Å². The van der Waals surface area contributed by atoms with Crippen molar-refractivity contribution in [2.45, 2.75) is 13.5 Å². The standard InChI is InChI=1S/C23H27NO7/c1-16-4-6-19(27-2)18(12-16)14-31-23(26)17-5-7-20(21(13-17)28-3)30-15-22(25)24-8-10-29-11-9-24/h4-7,12-13H,8-11,14-15H2,1-3H3. The van der Waals surface area contributed by atoms with Crippen LogP contribution in [0.2, 0.25) is 0 Å². The van der Waals surface area contributed by atoms with Gasteiger partial charge in [-0.25, -0.2) is 4.79 Å². The Bertz CT molecular complexity index is 922. The van der Waals surface area contributed by atoms with E-state index in [4.69, 9.17) is 23.7 Å². The van der Waals surface area contributed by atoms with Crippen LogP contribution in [0.25, 0.3) is 0 Å². The number of amides is 1. The molecule has 0 spiro atoms. The van der Waals surface area contributed by atoms with Crippen LogP contribution in [0.1, 0.15) is 21.5 Å². The van der Waals surface area contributed by atoms with Crippen molar-refractivity contribution in [1.82, 2.24) is 4.90 Å². The largest absolute Gasteiger partial charge is 0.496 e. The summed E-state index contributed by atoms with van der Waals surface area (Å²) in [5, 5.41) is 0. The molecule has 2 aromatic rings. The van der Waals surface area contributed by atoms with Crippen molar-refractivity contribution >= 4 is 11.9 Å². The Labute approximate surface area is 181 Å². The zero-order chi connectivity index (χ0) is 22.2. The van der Waals surface area contributed by atoms with Gasteiger partial charge in [0.15, 0.2) is 18.1 Å².